The summed E-state index contributed by atoms with van der Waals surface area (Å²) in [5, 5.41) is 3.36. The Morgan fingerprint density at radius 2 is 2.25 bits per heavy atom. The summed E-state index contributed by atoms with van der Waals surface area (Å²) in [5.74, 6) is 0.667. The summed E-state index contributed by atoms with van der Waals surface area (Å²) in [7, 11) is 0. The third-order valence-corrected chi connectivity index (χ3v) is 3.81. The Labute approximate surface area is 98.3 Å². The SMILES string of the molecule is CC(Cn1cnc2c1CCNC2)C(C)(C)C. The standard InChI is InChI=1S/C13H23N3/c1-10(13(2,3)4)8-16-9-15-11-7-14-6-5-12(11)16/h9-10,14H,5-8H2,1-4H3. The van der Waals surface area contributed by atoms with E-state index in [9.17, 15) is 0 Å². The van der Waals surface area contributed by atoms with Crippen molar-refractivity contribution >= 4 is 0 Å². The average molecular weight is 221 g/mol. The second kappa shape index (κ2) is 4.21. The van der Waals surface area contributed by atoms with Crippen LogP contribution in [-0.2, 0) is 19.5 Å². The first kappa shape index (κ1) is 11.6. The highest BCUT2D eigenvalue weighted by Crippen LogP contribution is 2.27. The molecule has 0 saturated carbocycles. The molecule has 0 spiro atoms. The molecular weight excluding hydrogens is 198 g/mol. The normalized spacial score (nSPS) is 18.2. The Bertz CT molecular complexity index is 360. The van der Waals surface area contributed by atoms with Gasteiger partial charge in [0.15, 0.2) is 0 Å². The van der Waals surface area contributed by atoms with Crippen molar-refractivity contribution in [2.24, 2.45) is 11.3 Å². The number of rotatable bonds is 2. The highest BCUT2D eigenvalue weighted by Gasteiger charge is 2.22. The van der Waals surface area contributed by atoms with Gasteiger partial charge in [0.2, 0.25) is 0 Å². The molecule has 3 nitrogen and oxygen atoms in total. The fraction of sp³-hybridized carbons (Fsp3) is 0.769. The number of nitrogens with zero attached hydrogens (tertiary/aromatic N) is 2. The summed E-state index contributed by atoms with van der Waals surface area (Å²) >= 11 is 0. The van der Waals surface area contributed by atoms with Crippen molar-refractivity contribution in [3.05, 3.63) is 17.7 Å². The molecule has 0 aliphatic carbocycles. The molecule has 0 amide bonds. The molecule has 0 fully saturated rings. The van der Waals surface area contributed by atoms with Crippen LogP contribution in [0.2, 0.25) is 0 Å². The zero-order valence-corrected chi connectivity index (χ0v) is 10.9. The van der Waals surface area contributed by atoms with Gasteiger partial charge in [-0.1, -0.05) is 27.7 Å². The summed E-state index contributed by atoms with van der Waals surface area (Å²) < 4.78 is 2.35. The van der Waals surface area contributed by atoms with Crippen LogP contribution in [0.1, 0.15) is 39.1 Å². The predicted molar refractivity (Wildman–Crippen MR) is 66.3 cm³/mol. The summed E-state index contributed by atoms with van der Waals surface area (Å²) in [6.07, 6.45) is 3.13. The Morgan fingerprint density at radius 3 is 2.94 bits per heavy atom. The van der Waals surface area contributed by atoms with Crippen LogP contribution >= 0.6 is 0 Å². The lowest BCUT2D eigenvalue weighted by Crippen LogP contribution is -2.27. The number of hydrogen-bond acceptors (Lipinski definition) is 2. The Morgan fingerprint density at radius 1 is 1.50 bits per heavy atom. The van der Waals surface area contributed by atoms with E-state index in [4.69, 9.17) is 0 Å². The van der Waals surface area contributed by atoms with E-state index in [2.05, 4.69) is 42.6 Å². The fourth-order valence-electron chi connectivity index (χ4n) is 2.02. The lowest BCUT2D eigenvalue weighted by Gasteiger charge is -2.28. The molecule has 1 aromatic rings. The monoisotopic (exact) mass is 221 g/mol. The van der Waals surface area contributed by atoms with Crippen LogP contribution in [0, 0.1) is 11.3 Å². The highest BCUT2D eigenvalue weighted by atomic mass is 15.1. The van der Waals surface area contributed by atoms with Crippen LogP contribution in [0.25, 0.3) is 0 Å². The molecule has 1 aliphatic heterocycles. The molecule has 1 N–H and O–H groups in total. The number of aromatic nitrogens is 2. The maximum atomic E-state index is 4.49. The first-order valence-corrected chi connectivity index (χ1v) is 6.22. The van der Waals surface area contributed by atoms with Gasteiger partial charge in [-0.05, 0) is 11.3 Å². The van der Waals surface area contributed by atoms with E-state index in [1.807, 2.05) is 6.33 Å². The molecule has 2 rings (SSSR count). The van der Waals surface area contributed by atoms with Crippen molar-refractivity contribution in [3.8, 4) is 0 Å². The van der Waals surface area contributed by atoms with Gasteiger partial charge in [0.25, 0.3) is 0 Å². The van der Waals surface area contributed by atoms with E-state index < -0.39 is 0 Å². The summed E-state index contributed by atoms with van der Waals surface area (Å²) in [6, 6.07) is 0. The minimum Gasteiger partial charge on any atom is -0.334 e. The topological polar surface area (TPSA) is 29.9 Å². The van der Waals surface area contributed by atoms with Crippen LogP contribution in [-0.4, -0.2) is 16.1 Å². The molecule has 0 bridgehead atoms. The first-order chi connectivity index (χ1) is 7.48. The van der Waals surface area contributed by atoms with E-state index in [-0.39, 0.29) is 0 Å². The van der Waals surface area contributed by atoms with Gasteiger partial charge in [0, 0.05) is 31.7 Å². The van der Waals surface area contributed by atoms with Crippen molar-refractivity contribution < 1.29 is 0 Å². The van der Waals surface area contributed by atoms with E-state index in [1.165, 1.54) is 11.4 Å². The van der Waals surface area contributed by atoms with Crippen LogP contribution in [0.5, 0.6) is 0 Å². The first-order valence-electron chi connectivity index (χ1n) is 6.22. The second-order valence-corrected chi connectivity index (χ2v) is 5.98. The van der Waals surface area contributed by atoms with Gasteiger partial charge in [0.1, 0.15) is 0 Å². The van der Waals surface area contributed by atoms with Crippen LogP contribution in [0.4, 0.5) is 0 Å². The molecule has 1 unspecified atom stereocenters. The Kier molecular flexibility index (Phi) is 3.06. The zero-order chi connectivity index (χ0) is 11.8. The van der Waals surface area contributed by atoms with E-state index in [0.29, 0.717) is 11.3 Å². The maximum Gasteiger partial charge on any atom is 0.0952 e. The lowest BCUT2D eigenvalue weighted by atomic mass is 9.82. The molecule has 0 aromatic carbocycles. The smallest absolute Gasteiger partial charge is 0.0952 e. The molecule has 1 atom stereocenters. The largest absolute Gasteiger partial charge is 0.334 e. The van der Waals surface area contributed by atoms with Crippen molar-refractivity contribution in [2.45, 2.75) is 47.2 Å². The van der Waals surface area contributed by atoms with Crippen molar-refractivity contribution in [2.75, 3.05) is 6.54 Å². The van der Waals surface area contributed by atoms with Crippen molar-refractivity contribution in [3.63, 3.8) is 0 Å². The number of fused-ring (bicyclic) bond motifs is 1. The summed E-state index contributed by atoms with van der Waals surface area (Å²) in [5.41, 5.74) is 3.05. The Hall–Kier alpha value is -0.830. The van der Waals surface area contributed by atoms with Crippen molar-refractivity contribution in [1.82, 2.24) is 14.9 Å². The number of imidazole rings is 1. The molecule has 3 heteroatoms. The number of nitrogens with one attached hydrogen (secondary N) is 1. The molecular formula is C13H23N3. The molecule has 0 radical (unpaired) electrons. The molecule has 0 saturated heterocycles. The van der Waals surface area contributed by atoms with E-state index >= 15 is 0 Å². The fourth-order valence-corrected chi connectivity index (χ4v) is 2.02. The molecule has 1 aromatic heterocycles. The average Bonchev–Trinajstić information content (AvgIpc) is 2.61. The predicted octanol–water partition coefficient (Wildman–Crippen LogP) is 2.21. The van der Waals surface area contributed by atoms with Gasteiger partial charge in [-0.15, -0.1) is 0 Å². The van der Waals surface area contributed by atoms with Crippen LogP contribution in [0.3, 0.4) is 0 Å². The van der Waals surface area contributed by atoms with Crippen LogP contribution in [0.15, 0.2) is 6.33 Å². The minimum atomic E-state index is 0.365. The third-order valence-electron chi connectivity index (χ3n) is 3.81. The van der Waals surface area contributed by atoms with Gasteiger partial charge in [-0.25, -0.2) is 4.98 Å². The van der Waals surface area contributed by atoms with Gasteiger partial charge < -0.3 is 9.88 Å². The molecule has 2 heterocycles. The van der Waals surface area contributed by atoms with Crippen LogP contribution < -0.4 is 5.32 Å². The summed E-state index contributed by atoms with van der Waals surface area (Å²) in [6.45, 7) is 12.4. The third kappa shape index (κ3) is 2.29. The molecule has 1 aliphatic rings. The van der Waals surface area contributed by atoms with Gasteiger partial charge in [-0.3, -0.25) is 0 Å². The van der Waals surface area contributed by atoms with Gasteiger partial charge in [0.05, 0.1) is 12.0 Å². The van der Waals surface area contributed by atoms with E-state index in [1.54, 1.807) is 0 Å². The lowest BCUT2D eigenvalue weighted by molar-refractivity contribution is 0.230. The maximum absolute atomic E-state index is 4.49. The van der Waals surface area contributed by atoms with Gasteiger partial charge in [-0.2, -0.15) is 0 Å². The quantitative estimate of drug-likeness (QED) is 0.830. The minimum absolute atomic E-state index is 0.365. The Balaban J connectivity index is 2.13. The van der Waals surface area contributed by atoms with E-state index in [0.717, 1.165) is 26.1 Å². The zero-order valence-electron chi connectivity index (χ0n) is 10.9. The van der Waals surface area contributed by atoms with Gasteiger partial charge >= 0.3 is 0 Å². The highest BCUT2D eigenvalue weighted by molar-refractivity contribution is 5.16. The molecule has 90 valence electrons. The molecule has 16 heavy (non-hydrogen) atoms. The number of hydrogen-bond donors (Lipinski definition) is 1. The second-order valence-electron chi connectivity index (χ2n) is 5.98. The van der Waals surface area contributed by atoms with Crippen molar-refractivity contribution in [1.29, 1.82) is 0 Å². The summed E-state index contributed by atoms with van der Waals surface area (Å²) in [4.78, 5) is 4.49.